The van der Waals surface area contributed by atoms with E-state index in [0.717, 1.165) is 23.7 Å². The van der Waals surface area contributed by atoms with E-state index in [1.807, 2.05) is 0 Å². The maximum absolute atomic E-state index is 13.0. The average Bonchev–Trinajstić information content (AvgIpc) is 2.99. The molecule has 5 fully saturated rings. The van der Waals surface area contributed by atoms with Gasteiger partial charge in [-0.3, -0.25) is 4.79 Å². The summed E-state index contributed by atoms with van der Waals surface area (Å²) in [4.78, 5) is 13.0. The smallest absolute Gasteiger partial charge is 0.226 e. The van der Waals surface area contributed by atoms with Gasteiger partial charge in [0.05, 0.1) is 0 Å². The molecule has 20 heavy (non-hydrogen) atoms. The summed E-state index contributed by atoms with van der Waals surface area (Å²) < 4.78 is 0. The molecule has 3 unspecified atom stereocenters. The fraction of sp³-hybridized carbons (Fsp3) is 0.833. The van der Waals surface area contributed by atoms with Crippen LogP contribution in [0.2, 0.25) is 0 Å². The van der Waals surface area contributed by atoms with Gasteiger partial charge in [0.1, 0.15) is 0 Å². The lowest BCUT2D eigenvalue weighted by Crippen LogP contribution is -2.55. The summed E-state index contributed by atoms with van der Waals surface area (Å²) in [6.07, 6.45) is 15.0. The zero-order chi connectivity index (χ0) is 13.3. The minimum absolute atomic E-state index is 0.0420. The van der Waals surface area contributed by atoms with Gasteiger partial charge >= 0.3 is 0 Å². The monoisotopic (exact) mass is 271 g/mol. The molecule has 0 aromatic heterocycles. The fourth-order valence-corrected chi connectivity index (χ4v) is 6.66. The maximum atomic E-state index is 13.0. The Bertz CT molecular complexity index is 445. The summed E-state index contributed by atoms with van der Waals surface area (Å²) in [5.74, 6) is 4.42. The van der Waals surface area contributed by atoms with Crippen LogP contribution in [0.15, 0.2) is 12.2 Å². The van der Waals surface area contributed by atoms with Crippen molar-refractivity contribution in [1.29, 1.82) is 0 Å². The van der Waals surface area contributed by atoms with Gasteiger partial charge in [-0.05, 0) is 81.0 Å². The van der Waals surface area contributed by atoms with Crippen molar-refractivity contribution in [1.82, 2.24) is 5.32 Å². The third-order valence-corrected chi connectivity index (χ3v) is 7.12. The molecule has 3 atom stereocenters. The Kier molecular flexibility index (Phi) is 2.30. The van der Waals surface area contributed by atoms with E-state index in [2.05, 4.69) is 17.5 Å². The first-order chi connectivity index (χ1) is 9.70. The second-order valence-corrected chi connectivity index (χ2v) is 8.56. The van der Waals surface area contributed by atoms with Crippen molar-refractivity contribution in [2.45, 2.75) is 57.4 Å². The zero-order valence-electron chi connectivity index (χ0n) is 12.2. The minimum Gasteiger partial charge on any atom is -0.352 e. The second kappa shape index (κ2) is 3.90. The van der Waals surface area contributed by atoms with Crippen molar-refractivity contribution in [3.05, 3.63) is 12.2 Å². The third kappa shape index (κ3) is 1.60. The van der Waals surface area contributed by atoms with E-state index in [9.17, 15) is 4.79 Å². The molecule has 0 saturated heterocycles. The van der Waals surface area contributed by atoms with Gasteiger partial charge in [0, 0.05) is 11.5 Å². The molecular formula is C18H25NO. The van der Waals surface area contributed by atoms with Gasteiger partial charge in [-0.25, -0.2) is 0 Å². The Morgan fingerprint density at radius 2 is 1.55 bits per heavy atom. The zero-order valence-corrected chi connectivity index (χ0v) is 12.2. The van der Waals surface area contributed by atoms with Crippen LogP contribution in [0.3, 0.4) is 0 Å². The van der Waals surface area contributed by atoms with Gasteiger partial charge in [0.2, 0.25) is 5.91 Å². The van der Waals surface area contributed by atoms with Crippen LogP contribution in [0, 0.1) is 35.0 Å². The lowest BCUT2D eigenvalue weighted by atomic mass is 9.49. The topological polar surface area (TPSA) is 29.1 Å². The summed E-state index contributed by atoms with van der Waals surface area (Å²) in [7, 11) is 0. The molecular weight excluding hydrogens is 246 g/mol. The molecule has 6 aliphatic rings. The van der Waals surface area contributed by atoms with E-state index in [1.165, 1.54) is 51.4 Å². The normalized spacial score (nSPS) is 54.6. The Balaban J connectivity index is 1.35. The summed E-state index contributed by atoms with van der Waals surface area (Å²) in [5, 5.41) is 3.48. The first-order valence-corrected chi connectivity index (χ1v) is 8.69. The highest BCUT2D eigenvalue weighted by molar-refractivity contribution is 5.83. The number of hydrogen-bond donors (Lipinski definition) is 1. The molecule has 2 nitrogen and oxygen atoms in total. The molecule has 0 aromatic carbocycles. The van der Waals surface area contributed by atoms with Crippen LogP contribution in [0.4, 0.5) is 0 Å². The Morgan fingerprint density at radius 1 is 0.900 bits per heavy atom. The summed E-state index contributed by atoms with van der Waals surface area (Å²) in [6, 6.07) is 0.450. The van der Waals surface area contributed by atoms with Crippen molar-refractivity contribution in [2.24, 2.45) is 35.0 Å². The highest BCUT2D eigenvalue weighted by Gasteiger charge is 2.55. The van der Waals surface area contributed by atoms with Gasteiger partial charge in [-0.2, -0.15) is 0 Å². The number of carbonyl (C=O) groups is 1. The fourth-order valence-electron chi connectivity index (χ4n) is 6.66. The third-order valence-electron chi connectivity index (χ3n) is 7.12. The molecule has 5 saturated carbocycles. The van der Waals surface area contributed by atoms with E-state index in [0.29, 0.717) is 17.9 Å². The van der Waals surface area contributed by atoms with E-state index in [4.69, 9.17) is 0 Å². The van der Waals surface area contributed by atoms with Gasteiger partial charge < -0.3 is 5.32 Å². The number of hydrogen-bond acceptors (Lipinski definition) is 1. The van der Waals surface area contributed by atoms with E-state index in [-0.39, 0.29) is 5.41 Å². The van der Waals surface area contributed by atoms with Crippen LogP contribution < -0.4 is 5.32 Å². The van der Waals surface area contributed by atoms with Crippen LogP contribution in [0.5, 0.6) is 0 Å². The van der Waals surface area contributed by atoms with E-state index in [1.54, 1.807) is 0 Å². The molecule has 0 aliphatic heterocycles. The van der Waals surface area contributed by atoms with Gasteiger partial charge in [0.15, 0.2) is 0 Å². The van der Waals surface area contributed by atoms with Crippen LogP contribution in [-0.4, -0.2) is 11.9 Å². The lowest BCUT2D eigenvalue weighted by molar-refractivity contribution is -0.147. The maximum Gasteiger partial charge on any atom is 0.226 e. The summed E-state index contributed by atoms with van der Waals surface area (Å²) >= 11 is 0. The standard InChI is InChI=1S/C18H25NO/c20-17(19-16-7-11-1-2-15(16)6-11)18-8-12-3-13(9-18)5-14(4-12)10-18/h1-2,11-16H,3-10H2,(H,19,20). The number of carbonyl (C=O) groups excluding carboxylic acids is 1. The molecule has 1 amide bonds. The highest BCUT2D eigenvalue weighted by atomic mass is 16.2. The Morgan fingerprint density at radius 3 is 2.05 bits per heavy atom. The first kappa shape index (κ1) is 11.8. The molecule has 0 radical (unpaired) electrons. The number of fused-ring (bicyclic) bond motifs is 2. The van der Waals surface area contributed by atoms with E-state index >= 15 is 0 Å². The molecule has 1 N–H and O–H groups in total. The molecule has 0 heterocycles. The van der Waals surface area contributed by atoms with Crippen molar-refractivity contribution in [2.75, 3.05) is 0 Å². The quantitative estimate of drug-likeness (QED) is 0.767. The van der Waals surface area contributed by atoms with Gasteiger partial charge in [0.25, 0.3) is 0 Å². The largest absolute Gasteiger partial charge is 0.352 e. The second-order valence-electron chi connectivity index (χ2n) is 8.56. The molecule has 0 aromatic rings. The molecule has 2 heteroatoms. The summed E-state index contributed by atoms with van der Waals surface area (Å²) in [6.45, 7) is 0. The number of allylic oxidation sites excluding steroid dienone is 1. The number of rotatable bonds is 2. The predicted octanol–water partition coefficient (Wildman–Crippen LogP) is 3.28. The van der Waals surface area contributed by atoms with Crippen molar-refractivity contribution >= 4 is 5.91 Å². The van der Waals surface area contributed by atoms with Crippen molar-refractivity contribution < 1.29 is 4.79 Å². The molecule has 0 spiro atoms. The van der Waals surface area contributed by atoms with Gasteiger partial charge in [-0.1, -0.05) is 12.2 Å². The van der Waals surface area contributed by atoms with Crippen LogP contribution in [0.1, 0.15) is 51.4 Å². The Labute approximate surface area is 121 Å². The summed E-state index contributed by atoms with van der Waals surface area (Å²) in [5.41, 5.74) is 0.0420. The van der Waals surface area contributed by atoms with Crippen LogP contribution in [-0.2, 0) is 4.79 Å². The number of amides is 1. The van der Waals surface area contributed by atoms with Crippen LogP contribution >= 0.6 is 0 Å². The SMILES string of the molecule is O=C(NC1CC2C=CC1C2)C12CC3CC(CC(C3)C1)C2. The molecule has 6 bridgehead atoms. The van der Waals surface area contributed by atoms with Crippen LogP contribution in [0.25, 0.3) is 0 Å². The predicted molar refractivity (Wildman–Crippen MR) is 77.9 cm³/mol. The highest BCUT2D eigenvalue weighted by Crippen LogP contribution is 2.60. The van der Waals surface area contributed by atoms with Crippen molar-refractivity contribution in [3.63, 3.8) is 0 Å². The minimum atomic E-state index is 0.0420. The van der Waals surface area contributed by atoms with E-state index < -0.39 is 0 Å². The number of nitrogens with one attached hydrogen (secondary N) is 1. The lowest BCUT2D eigenvalue weighted by Gasteiger charge is -2.56. The van der Waals surface area contributed by atoms with Crippen molar-refractivity contribution in [3.8, 4) is 0 Å². The van der Waals surface area contributed by atoms with Gasteiger partial charge in [-0.15, -0.1) is 0 Å². The average molecular weight is 271 g/mol. The Hall–Kier alpha value is -0.790. The molecule has 108 valence electrons. The first-order valence-electron chi connectivity index (χ1n) is 8.69. The molecule has 6 aliphatic carbocycles. The molecule has 6 rings (SSSR count).